The Morgan fingerprint density at radius 3 is 2.80 bits per heavy atom. The molecule has 2 aromatic heterocycles. The van der Waals surface area contributed by atoms with E-state index in [0.29, 0.717) is 5.69 Å². The summed E-state index contributed by atoms with van der Waals surface area (Å²) in [5, 5.41) is 9.24. The van der Waals surface area contributed by atoms with Crippen LogP contribution in [0, 0.1) is 11.3 Å². The van der Waals surface area contributed by atoms with E-state index in [0.717, 1.165) is 0 Å². The van der Waals surface area contributed by atoms with Gasteiger partial charge in [-0.3, -0.25) is 14.8 Å². The highest BCUT2D eigenvalue weighted by Gasteiger charge is 2.34. The number of rotatable bonds is 1. The second-order valence-corrected chi connectivity index (χ2v) is 4.20. The number of allylic oxidation sites excluding steroid dienone is 1. The highest BCUT2D eigenvalue weighted by molar-refractivity contribution is 5.50. The third kappa shape index (κ3) is 1.61. The van der Waals surface area contributed by atoms with Gasteiger partial charge in [-0.2, -0.15) is 5.26 Å². The predicted octanol–water partition coefficient (Wildman–Crippen LogP) is -0.391. The second kappa shape index (κ2) is 4.17. The van der Waals surface area contributed by atoms with Crippen molar-refractivity contribution in [2.45, 2.75) is 5.92 Å². The normalized spacial score (nSPS) is 17.2. The lowest BCUT2D eigenvalue weighted by Crippen LogP contribution is -2.33. The lowest BCUT2D eigenvalue weighted by molar-refractivity contribution is 0.372. The van der Waals surface area contributed by atoms with Crippen LogP contribution in [0.2, 0.25) is 0 Å². The lowest BCUT2D eigenvalue weighted by atomic mass is 9.89. The fraction of sp³-hybridized carbons (Fsp3) is 0.0833. The van der Waals surface area contributed by atoms with Crippen LogP contribution in [0.5, 0.6) is 5.88 Å². The van der Waals surface area contributed by atoms with Gasteiger partial charge in [-0.05, 0) is 12.1 Å². The summed E-state index contributed by atoms with van der Waals surface area (Å²) in [4.78, 5) is 30.7. The van der Waals surface area contributed by atoms with E-state index in [1.165, 1.54) is 0 Å². The molecule has 0 amide bonds. The molecule has 1 aliphatic heterocycles. The van der Waals surface area contributed by atoms with Crippen LogP contribution >= 0.6 is 0 Å². The van der Waals surface area contributed by atoms with Crippen LogP contribution in [0.25, 0.3) is 0 Å². The van der Waals surface area contributed by atoms with Gasteiger partial charge in [0.2, 0.25) is 11.8 Å². The fourth-order valence-corrected chi connectivity index (χ4v) is 2.22. The summed E-state index contributed by atoms with van der Waals surface area (Å²) in [6.07, 6.45) is 1.66. The molecule has 8 nitrogen and oxygen atoms in total. The standard InChI is InChI=1S/C12H9N5O3/c13-4-5-7(6-2-1-3-15-6)8-10(18)16-12(19)17-11(8)20-9(5)14/h1-3,7,15H,14H2,(H2,16,17,18,19)/t7-/m1/s1. The molecular weight excluding hydrogens is 262 g/mol. The van der Waals surface area contributed by atoms with E-state index < -0.39 is 17.2 Å². The lowest BCUT2D eigenvalue weighted by Gasteiger charge is -2.23. The number of fused-ring (bicyclic) bond motifs is 1. The van der Waals surface area contributed by atoms with Gasteiger partial charge < -0.3 is 15.5 Å². The predicted molar refractivity (Wildman–Crippen MR) is 67.8 cm³/mol. The summed E-state index contributed by atoms with van der Waals surface area (Å²) in [5.41, 5.74) is 5.21. The highest BCUT2D eigenvalue weighted by Crippen LogP contribution is 2.37. The van der Waals surface area contributed by atoms with Crippen LogP contribution in [0.4, 0.5) is 0 Å². The van der Waals surface area contributed by atoms with E-state index in [1.54, 1.807) is 18.3 Å². The first-order valence-corrected chi connectivity index (χ1v) is 5.69. The number of nitrogens with two attached hydrogens (primary N) is 1. The molecule has 0 saturated heterocycles. The first kappa shape index (κ1) is 11.9. The van der Waals surface area contributed by atoms with E-state index in [4.69, 9.17) is 10.5 Å². The zero-order chi connectivity index (χ0) is 14.3. The molecule has 2 aromatic rings. The fourth-order valence-electron chi connectivity index (χ4n) is 2.22. The Bertz CT molecular complexity index is 850. The highest BCUT2D eigenvalue weighted by atomic mass is 16.5. The summed E-state index contributed by atoms with van der Waals surface area (Å²) < 4.78 is 5.17. The summed E-state index contributed by atoms with van der Waals surface area (Å²) in [6.45, 7) is 0. The number of nitrogens with one attached hydrogen (secondary N) is 3. The summed E-state index contributed by atoms with van der Waals surface area (Å²) in [5.74, 6) is -0.893. The van der Waals surface area contributed by atoms with Gasteiger partial charge in [0.1, 0.15) is 11.6 Å². The first-order chi connectivity index (χ1) is 9.61. The van der Waals surface area contributed by atoms with Crippen molar-refractivity contribution in [3.63, 3.8) is 0 Å². The molecule has 0 bridgehead atoms. The van der Waals surface area contributed by atoms with Gasteiger partial charge in [0.25, 0.3) is 5.56 Å². The van der Waals surface area contributed by atoms with Crippen LogP contribution in [0.3, 0.4) is 0 Å². The average molecular weight is 271 g/mol. The monoisotopic (exact) mass is 271 g/mol. The van der Waals surface area contributed by atoms with Crippen molar-refractivity contribution in [1.82, 2.24) is 15.0 Å². The molecule has 0 radical (unpaired) electrons. The molecule has 5 N–H and O–H groups in total. The maximum Gasteiger partial charge on any atom is 0.328 e. The molecule has 0 aliphatic carbocycles. The topological polar surface area (TPSA) is 141 Å². The number of aromatic amines is 3. The Morgan fingerprint density at radius 1 is 1.35 bits per heavy atom. The maximum absolute atomic E-state index is 12.0. The summed E-state index contributed by atoms with van der Waals surface area (Å²) >= 11 is 0. The molecule has 1 aliphatic rings. The number of nitrogens with zero attached hydrogens (tertiary/aromatic N) is 1. The van der Waals surface area contributed by atoms with E-state index in [1.807, 2.05) is 6.07 Å². The van der Waals surface area contributed by atoms with Crippen molar-refractivity contribution in [1.29, 1.82) is 5.26 Å². The van der Waals surface area contributed by atoms with Crippen molar-refractivity contribution in [2.24, 2.45) is 5.73 Å². The van der Waals surface area contributed by atoms with Crippen LogP contribution in [-0.2, 0) is 0 Å². The number of H-pyrrole nitrogens is 3. The molecule has 20 heavy (non-hydrogen) atoms. The molecule has 1 atom stereocenters. The number of aromatic nitrogens is 3. The third-order valence-corrected chi connectivity index (χ3v) is 3.05. The van der Waals surface area contributed by atoms with E-state index in [-0.39, 0.29) is 22.9 Å². The first-order valence-electron chi connectivity index (χ1n) is 5.69. The third-order valence-electron chi connectivity index (χ3n) is 3.05. The molecule has 0 aromatic carbocycles. The summed E-state index contributed by atoms with van der Waals surface area (Å²) in [7, 11) is 0. The zero-order valence-electron chi connectivity index (χ0n) is 10.1. The molecule has 3 heterocycles. The van der Waals surface area contributed by atoms with Crippen molar-refractivity contribution in [3.05, 3.63) is 61.9 Å². The maximum atomic E-state index is 12.0. The van der Waals surface area contributed by atoms with Gasteiger partial charge in [0.15, 0.2) is 0 Å². The number of nitriles is 1. The van der Waals surface area contributed by atoms with E-state index in [2.05, 4.69) is 15.0 Å². The van der Waals surface area contributed by atoms with Crippen LogP contribution in [0.1, 0.15) is 17.2 Å². The Labute approximate surface area is 111 Å². The smallest absolute Gasteiger partial charge is 0.328 e. The molecule has 3 rings (SSSR count). The Kier molecular flexibility index (Phi) is 2.47. The minimum atomic E-state index is -0.709. The van der Waals surface area contributed by atoms with Crippen molar-refractivity contribution in [2.75, 3.05) is 0 Å². The van der Waals surface area contributed by atoms with Gasteiger partial charge in [-0.25, -0.2) is 4.79 Å². The minimum Gasteiger partial charge on any atom is -0.424 e. The van der Waals surface area contributed by atoms with Gasteiger partial charge in [0, 0.05) is 11.9 Å². The second-order valence-electron chi connectivity index (χ2n) is 4.20. The van der Waals surface area contributed by atoms with E-state index in [9.17, 15) is 14.9 Å². The van der Waals surface area contributed by atoms with Gasteiger partial charge >= 0.3 is 5.69 Å². The van der Waals surface area contributed by atoms with Gasteiger partial charge in [-0.15, -0.1) is 0 Å². The Morgan fingerprint density at radius 2 is 2.15 bits per heavy atom. The van der Waals surface area contributed by atoms with Gasteiger partial charge in [-0.1, -0.05) is 0 Å². The molecular formula is C12H9N5O3. The number of hydrogen-bond acceptors (Lipinski definition) is 5. The van der Waals surface area contributed by atoms with Crippen LogP contribution in [-0.4, -0.2) is 15.0 Å². The largest absolute Gasteiger partial charge is 0.424 e. The van der Waals surface area contributed by atoms with Crippen molar-refractivity contribution < 1.29 is 4.74 Å². The molecule has 0 unspecified atom stereocenters. The zero-order valence-corrected chi connectivity index (χ0v) is 10.1. The minimum absolute atomic E-state index is 0.0464. The molecule has 8 heteroatoms. The van der Waals surface area contributed by atoms with Crippen molar-refractivity contribution >= 4 is 0 Å². The quantitative estimate of drug-likeness (QED) is 0.559. The van der Waals surface area contributed by atoms with Crippen LogP contribution < -0.4 is 21.7 Å². The average Bonchev–Trinajstić information content (AvgIpc) is 2.90. The molecule has 0 fully saturated rings. The number of hydrogen-bond donors (Lipinski definition) is 4. The van der Waals surface area contributed by atoms with Gasteiger partial charge in [0.05, 0.1) is 11.5 Å². The molecule has 0 saturated carbocycles. The number of ether oxygens (including phenoxy) is 1. The summed E-state index contributed by atoms with van der Waals surface area (Å²) in [6, 6.07) is 5.39. The van der Waals surface area contributed by atoms with Crippen LogP contribution in [0.15, 0.2) is 39.4 Å². The van der Waals surface area contributed by atoms with E-state index >= 15 is 0 Å². The molecule has 100 valence electrons. The Hall–Kier alpha value is -3.21. The van der Waals surface area contributed by atoms with Crippen molar-refractivity contribution in [3.8, 4) is 11.9 Å². The SMILES string of the molecule is N#CC1=C(N)Oc2[nH]c(=O)[nH]c(=O)c2[C@H]1c1ccc[nH]1. The molecule has 0 spiro atoms. The Balaban J connectivity index is 2.35.